The van der Waals surface area contributed by atoms with Gasteiger partial charge in [-0.05, 0) is 6.92 Å². The zero-order chi connectivity index (χ0) is 8.36. The van der Waals surface area contributed by atoms with Crippen LogP contribution in [0.25, 0.3) is 0 Å². The molecular formula is C4H11NaO5S. The molecule has 0 aliphatic rings. The van der Waals surface area contributed by atoms with Gasteiger partial charge in [-0.1, -0.05) is 0 Å². The summed E-state index contributed by atoms with van der Waals surface area (Å²) in [7, 11) is -4.22. The standard InChI is InChI=1S/C4H10O5S.Na.H/c1-3(4(6)2-5)10(7,8)9;;/h3-6H,2H2,1H3,(H,7,8,9);;/q;+1;-1. The first-order chi connectivity index (χ1) is 4.39. The second kappa shape index (κ2) is 5.47. The van der Waals surface area contributed by atoms with E-state index in [2.05, 4.69) is 0 Å². The molecule has 3 N–H and O–H groups in total. The van der Waals surface area contributed by atoms with E-state index in [1.54, 1.807) is 0 Å². The molecule has 0 spiro atoms. The van der Waals surface area contributed by atoms with Crippen molar-refractivity contribution >= 4 is 10.1 Å². The third-order valence-corrected chi connectivity index (χ3v) is 2.45. The summed E-state index contributed by atoms with van der Waals surface area (Å²) in [6.07, 6.45) is -1.42. The number of aliphatic hydroxyl groups excluding tert-OH is 2. The van der Waals surface area contributed by atoms with Gasteiger partial charge in [-0.3, -0.25) is 4.55 Å². The van der Waals surface area contributed by atoms with Crippen LogP contribution in [0.5, 0.6) is 0 Å². The van der Waals surface area contributed by atoms with Gasteiger partial charge in [-0.25, -0.2) is 0 Å². The van der Waals surface area contributed by atoms with Crippen LogP contribution in [0, 0.1) is 0 Å². The molecular weight excluding hydrogens is 183 g/mol. The Kier molecular flexibility index (Phi) is 7.14. The average Bonchev–Trinajstić information content (AvgIpc) is 1.83. The Morgan fingerprint density at radius 3 is 2.00 bits per heavy atom. The maximum Gasteiger partial charge on any atom is 1.00 e. The molecule has 64 valence electrons. The predicted molar refractivity (Wildman–Crippen MR) is 35.2 cm³/mol. The van der Waals surface area contributed by atoms with Crippen LogP contribution in [0.4, 0.5) is 0 Å². The quantitative estimate of drug-likeness (QED) is 0.312. The van der Waals surface area contributed by atoms with Crippen molar-refractivity contribution in [3.05, 3.63) is 0 Å². The van der Waals surface area contributed by atoms with E-state index in [0.29, 0.717) is 0 Å². The van der Waals surface area contributed by atoms with Crippen LogP contribution in [0.1, 0.15) is 8.35 Å². The molecule has 0 heterocycles. The van der Waals surface area contributed by atoms with Gasteiger partial charge in [-0.15, -0.1) is 0 Å². The zero-order valence-corrected chi connectivity index (χ0v) is 9.24. The first kappa shape index (κ1) is 14.4. The van der Waals surface area contributed by atoms with Crippen molar-refractivity contribution < 1.29 is 54.2 Å². The van der Waals surface area contributed by atoms with E-state index in [4.69, 9.17) is 14.8 Å². The fourth-order valence-electron chi connectivity index (χ4n) is 0.347. The van der Waals surface area contributed by atoms with Crippen LogP contribution in [0.15, 0.2) is 0 Å². The minimum atomic E-state index is -4.22. The number of hydrogen-bond acceptors (Lipinski definition) is 4. The van der Waals surface area contributed by atoms with Gasteiger partial charge in [0.15, 0.2) is 0 Å². The second-order valence-electron chi connectivity index (χ2n) is 1.97. The van der Waals surface area contributed by atoms with E-state index < -0.39 is 28.1 Å². The van der Waals surface area contributed by atoms with E-state index >= 15 is 0 Å². The van der Waals surface area contributed by atoms with Gasteiger partial charge in [0, 0.05) is 0 Å². The maximum atomic E-state index is 10.2. The third-order valence-electron chi connectivity index (χ3n) is 1.20. The molecule has 0 aliphatic heterocycles. The molecule has 0 aromatic carbocycles. The Hall–Kier alpha value is 0.830. The van der Waals surface area contributed by atoms with E-state index in [1.807, 2.05) is 0 Å². The molecule has 0 saturated carbocycles. The molecule has 0 bridgehead atoms. The van der Waals surface area contributed by atoms with Crippen LogP contribution in [-0.4, -0.2) is 41.1 Å². The zero-order valence-electron chi connectivity index (χ0n) is 7.43. The second-order valence-corrected chi connectivity index (χ2v) is 3.74. The fraction of sp³-hybridized carbons (Fsp3) is 1.00. The summed E-state index contributed by atoms with van der Waals surface area (Å²) in [5, 5.41) is 15.6. The van der Waals surface area contributed by atoms with Crippen molar-refractivity contribution in [1.82, 2.24) is 0 Å². The Morgan fingerprint density at radius 2 is 1.91 bits per heavy atom. The van der Waals surface area contributed by atoms with Crippen LogP contribution in [-0.2, 0) is 10.1 Å². The topological polar surface area (TPSA) is 94.8 Å². The molecule has 0 radical (unpaired) electrons. The third kappa shape index (κ3) is 5.13. The Bertz CT molecular complexity index is 194. The van der Waals surface area contributed by atoms with E-state index in [1.165, 1.54) is 0 Å². The molecule has 0 saturated heterocycles. The number of rotatable bonds is 3. The number of aliphatic hydroxyl groups is 2. The van der Waals surface area contributed by atoms with E-state index in [9.17, 15) is 8.42 Å². The van der Waals surface area contributed by atoms with Gasteiger partial charge >= 0.3 is 29.6 Å². The van der Waals surface area contributed by atoms with Gasteiger partial charge in [0.05, 0.1) is 12.7 Å². The molecule has 2 atom stereocenters. The molecule has 2 unspecified atom stereocenters. The smallest absolute Gasteiger partial charge is 1.00 e. The van der Waals surface area contributed by atoms with E-state index in [-0.39, 0.29) is 31.0 Å². The van der Waals surface area contributed by atoms with Gasteiger partial charge in [0.1, 0.15) is 5.25 Å². The molecule has 5 nitrogen and oxygen atoms in total. The minimum Gasteiger partial charge on any atom is -1.00 e. The van der Waals surface area contributed by atoms with Gasteiger partial charge in [0.25, 0.3) is 10.1 Å². The first-order valence-electron chi connectivity index (χ1n) is 2.64. The number of hydrogen-bond donors (Lipinski definition) is 3. The normalized spacial score (nSPS) is 16.7. The first-order valence-corrected chi connectivity index (χ1v) is 4.15. The molecule has 0 amide bonds. The van der Waals surface area contributed by atoms with Crippen molar-refractivity contribution in [1.29, 1.82) is 0 Å². The molecule has 11 heavy (non-hydrogen) atoms. The molecule has 0 rings (SSSR count). The van der Waals surface area contributed by atoms with Gasteiger partial charge in [0.2, 0.25) is 0 Å². The summed E-state index contributed by atoms with van der Waals surface area (Å²) >= 11 is 0. The predicted octanol–water partition coefficient (Wildman–Crippen LogP) is -4.27. The summed E-state index contributed by atoms with van der Waals surface area (Å²) < 4.78 is 28.7. The largest absolute Gasteiger partial charge is 1.00 e. The van der Waals surface area contributed by atoms with Crippen LogP contribution < -0.4 is 29.6 Å². The summed E-state index contributed by atoms with van der Waals surface area (Å²) in [4.78, 5) is 0. The summed E-state index contributed by atoms with van der Waals surface area (Å²) in [6, 6.07) is 0. The Morgan fingerprint density at radius 1 is 1.55 bits per heavy atom. The Labute approximate surface area is 88.9 Å². The fourth-order valence-corrected chi connectivity index (χ4v) is 0.830. The SMILES string of the molecule is CC(C(O)CO)S(=O)(=O)O.[H-].[Na+]. The summed E-state index contributed by atoms with van der Waals surface area (Å²) in [6.45, 7) is 0.428. The summed E-state index contributed by atoms with van der Waals surface area (Å²) in [5.74, 6) is 0. The van der Waals surface area contributed by atoms with Crippen molar-refractivity contribution in [3.8, 4) is 0 Å². The summed E-state index contributed by atoms with van der Waals surface area (Å²) in [5.41, 5.74) is 0. The van der Waals surface area contributed by atoms with Crippen molar-refractivity contribution in [2.45, 2.75) is 18.3 Å². The van der Waals surface area contributed by atoms with Crippen LogP contribution in [0.3, 0.4) is 0 Å². The van der Waals surface area contributed by atoms with Crippen molar-refractivity contribution in [2.24, 2.45) is 0 Å². The molecule has 7 heteroatoms. The maximum absolute atomic E-state index is 10.2. The van der Waals surface area contributed by atoms with E-state index in [0.717, 1.165) is 6.92 Å². The van der Waals surface area contributed by atoms with Crippen LogP contribution in [0.2, 0.25) is 0 Å². The minimum absolute atomic E-state index is 0. The molecule has 0 aromatic heterocycles. The molecule has 0 fully saturated rings. The average molecular weight is 194 g/mol. The van der Waals surface area contributed by atoms with Crippen molar-refractivity contribution in [3.63, 3.8) is 0 Å². The van der Waals surface area contributed by atoms with Gasteiger partial charge < -0.3 is 11.6 Å². The Balaban J connectivity index is -0.000000405. The van der Waals surface area contributed by atoms with Crippen LogP contribution >= 0.6 is 0 Å². The van der Waals surface area contributed by atoms with Crippen molar-refractivity contribution in [2.75, 3.05) is 6.61 Å². The molecule has 0 aromatic rings. The molecule has 0 aliphatic carbocycles. The monoisotopic (exact) mass is 194 g/mol. The van der Waals surface area contributed by atoms with Gasteiger partial charge in [-0.2, -0.15) is 8.42 Å².